The lowest BCUT2D eigenvalue weighted by molar-refractivity contribution is -0.117. The maximum absolute atomic E-state index is 11.4. The van der Waals surface area contributed by atoms with Gasteiger partial charge in [-0.05, 0) is 83.4 Å². The lowest BCUT2D eigenvalue weighted by atomic mass is 9.82. The topological polar surface area (TPSA) is 81.6 Å². The average molecular weight is 444 g/mol. The Kier molecular flexibility index (Phi) is 9.56. The Bertz CT molecular complexity index is 877. The van der Waals surface area contributed by atoms with Crippen molar-refractivity contribution >= 4 is 17.9 Å². The minimum atomic E-state index is -0.261. The van der Waals surface area contributed by atoms with Crippen molar-refractivity contribution in [3.05, 3.63) is 63.7 Å². The predicted octanol–water partition coefficient (Wildman–Crippen LogP) is 4.71. The Balaban J connectivity index is 0.000000245. The van der Waals surface area contributed by atoms with Crippen molar-refractivity contribution in [2.75, 3.05) is 14.1 Å². The minimum Gasteiger partial charge on any atom is -0.372 e. The number of rotatable bonds is 7. The quantitative estimate of drug-likeness (QED) is 0.606. The van der Waals surface area contributed by atoms with E-state index in [9.17, 15) is 4.79 Å². The van der Waals surface area contributed by atoms with Crippen LogP contribution in [0.5, 0.6) is 0 Å². The summed E-state index contributed by atoms with van der Waals surface area (Å²) in [5, 5.41) is 5.41. The van der Waals surface area contributed by atoms with Gasteiger partial charge in [0.1, 0.15) is 0 Å². The summed E-state index contributed by atoms with van der Waals surface area (Å²) >= 11 is 1.28. The van der Waals surface area contributed by atoms with Crippen LogP contribution in [0.4, 0.5) is 0 Å². The van der Waals surface area contributed by atoms with Gasteiger partial charge in [-0.15, -0.1) is 0 Å². The molecule has 0 unspecified atom stereocenters. The summed E-state index contributed by atoms with van der Waals surface area (Å²) in [6.45, 7) is 11.0. The van der Waals surface area contributed by atoms with Gasteiger partial charge < -0.3 is 15.4 Å². The fourth-order valence-corrected chi connectivity index (χ4v) is 4.35. The molecule has 0 bridgehead atoms. The lowest BCUT2D eigenvalue weighted by Gasteiger charge is -2.22. The zero-order valence-corrected chi connectivity index (χ0v) is 20.5. The number of carbonyl (C=O) groups excluding carboxylic acids is 1. The molecule has 170 valence electrons. The molecule has 0 fully saturated rings. The number of hydrogen-bond donors (Lipinski definition) is 2. The summed E-state index contributed by atoms with van der Waals surface area (Å²) in [6.07, 6.45) is 0.328. The van der Waals surface area contributed by atoms with Crippen molar-refractivity contribution in [1.29, 1.82) is 0 Å². The number of nitrogens with zero attached hydrogens (tertiary/aromatic N) is 1. The first-order chi connectivity index (χ1) is 14.6. The molecule has 2 aromatic rings. The molecule has 0 saturated heterocycles. The molecule has 0 radical (unpaired) electrons. The molecule has 0 aliphatic carbocycles. The summed E-state index contributed by atoms with van der Waals surface area (Å²) in [5.41, 5.74) is 13.0. The van der Waals surface area contributed by atoms with E-state index in [0.717, 1.165) is 17.0 Å². The fourth-order valence-electron chi connectivity index (χ4n) is 4.06. The summed E-state index contributed by atoms with van der Waals surface area (Å²) in [7, 11) is 4.12. The molecule has 4 N–H and O–H groups in total. The van der Waals surface area contributed by atoms with Crippen LogP contribution in [0, 0.1) is 0 Å². The largest absolute Gasteiger partial charge is 0.372 e. The minimum absolute atomic E-state index is 0.261. The Morgan fingerprint density at radius 3 is 2.23 bits per heavy atom. The number of fused-ring (bicyclic) bond motifs is 1. The van der Waals surface area contributed by atoms with E-state index in [2.05, 4.69) is 64.9 Å². The smallest absolute Gasteiger partial charge is 0.221 e. The van der Waals surface area contributed by atoms with Crippen LogP contribution >= 0.6 is 11.9 Å². The van der Waals surface area contributed by atoms with Gasteiger partial charge in [-0.2, -0.15) is 0 Å². The number of hydrogen-bond acceptors (Lipinski definition) is 5. The van der Waals surface area contributed by atoms with Gasteiger partial charge in [-0.1, -0.05) is 45.9 Å². The van der Waals surface area contributed by atoms with Crippen LogP contribution in [-0.2, 0) is 35.7 Å². The molecule has 2 aromatic carbocycles. The highest BCUT2D eigenvalue weighted by atomic mass is 32.2. The van der Waals surface area contributed by atoms with E-state index in [-0.39, 0.29) is 5.91 Å². The van der Waals surface area contributed by atoms with Crippen LogP contribution < -0.4 is 10.9 Å². The summed E-state index contributed by atoms with van der Waals surface area (Å²) in [6, 6.07) is 10.5. The van der Waals surface area contributed by atoms with Crippen LogP contribution in [0.3, 0.4) is 0 Å². The Morgan fingerprint density at radius 2 is 1.74 bits per heavy atom. The first-order valence-corrected chi connectivity index (χ1v) is 11.7. The number of benzene rings is 2. The van der Waals surface area contributed by atoms with Crippen molar-refractivity contribution < 1.29 is 9.53 Å². The van der Waals surface area contributed by atoms with E-state index in [1.54, 1.807) is 0 Å². The highest BCUT2D eigenvalue weighted by molar-refractivity contribution is 7.97. The number of nitrogens with two attached hydrogens (primary N) is 2. The summed E-state index contributed by atoms with van der Waals surface area (Å²) < 4.78 is 5.58. The molecule has 0 atom stereocenters. The third-order valence-electron chi connectivity index (χ3n) is 5.33. The van der Waals surface area contributed by atoms with Crippen molar-refractivity contribution in [1.82, 2.24) is 4.90 Å². The second kappa shape index (κ2) is 11.7. The molecule has 1 aliphatic heterocycles. The molecule has 1 amide bonds. The summed E-state index contributed by atoms with van der Waals surface area (Å²) in [4.78, 5) is 14.7. The molecule has 0 saturated carbocycles. The number of carbonyl (C=O) groups is 1. The van der Waals surface area contributed by atoms with Gasteiger partial charge in [0, 0.05) is 11.4 Å². The van der Waals surface area contributed by atoms with Crippen molar-refractivity contribution in [3.8, 4) is 0 Å². The van der Waals surface area contributed by atoms with E-state index < -0.39 is 0 Å². The molecule has 31 heavy (non-hydrogen) atoms. The van der Waals surface area contributed by atoms with Crippen LogP contribution in [-0.4, -0.2) is 24.9 Å². The number of ether oxygens (including phenoxy) is 1. The zero-order valence-electron chi connectivity index (χ0n) is 19.7. The van der Waals surface area contributed by atoms with E-state index >= 15 is 0 Å². The van der Waals surface area contributed by atoms with Gasteiger partial charge in [0.2, 0.25) is 5.91 Å². The number of primary amides is 1. The number of amides is 1. The Morgan fingerprint density at radius 1 is 1.10 bits per heavy atom. The van der Waals surface area contributed by atoms with E-state index in [1.165, 1.54) is 39.8 Å². The van der Waals surface area contributed by atoms with Crippen LogP contribution in [0.2, 0.25) is 0 Å². The predicted molar refractivity (Wildman–Crippen MR) is 130 cm³/mol. The van der Waals surface area contributed by atoms with Gasteiger partial charge in [-0.25, -0.2) is 0 Å². The van der Waals surface area contributed by atoms with E-state index in [4.69, 9.17) is 15.6 Å². The monoisotopic (exact) mass is 443 g/mol. The van der Waals surface area contributed by atoms with Gasteiger partial charge in [0.25, 0.3) is 0 Å². The Labute approximate surface area is 191 Å². The van der Waals surface area contributed by atoms with Gasteiger partial charge in [0.05, 0.1) is 19.6 Å². The molecule has 3 rings (SSSR count). The second-order valence-corrected chi connectivity index (χ2v) is 9.65. The van der Waals surface area contributed by atoms with Gasteiger partial charge in [0.15, 0.2) is 0 Å². The maximum atomic E-state index is 11.4. The average Bonchev–Trinajstić information content (AvgIpc) is 3.15. The van der Waals surface area contributed by atoms with Crippen LogP contribution in [0.1, 0.15) is 72.9 Å². The highest BCUT2D eigenvalue weighted by Gasteiger charge is 2.25. The maximum Gasteiger partial charge on any atom is 0.221 e. The molecule has 1 aliphatic rings. The molecule has 0 spiro atoms. The SMILES string of the molecule is CC(C)c1cc2c(c(C(C)C)c1CC(N)=O)COC2.CN(C)Cc1ccc(SN)cc1. The third-order valence-corrected chi connectivity index (χ3v) is 5.87. The Hall–Kier alpha value is -1.86. The highest BCUT2D eigenvalue weighted by Crippen LogP contribution is 2.36. The van der Waals surface area contributed by atoms with Crippen molar-refractivity contribution in [2.45, 2.75) is 70.6 Å². The molecular formula is C25H37N3O2S. The van der Waals surface area contributed by atoms with Crippen LogP contribution in [0.15, 0.2) is 35.2 Å². The standard InChI is InChI=1S/C16H23NO2.C9H14N2S/c1-9(2)12-5-11-7-19-8-14(11)16(10(3)4)13(12)6-15(17)18;1-11(2)7-8-3-5-9(12-10)6-4-8/h5,9-10H,6-8H2,1-4H3,(H2,17,18);3-6H,7,10H2,1-2H3. The lowest BCUT2D eigenvalue weighted by Crippen LogP contribution is -2.18. The zero-order chi connectivity index (χ0) is 23.1. The normalized spacial score (nSPS) is 12.8. The van der Waals surface area contributed by atoms with Crippen molar-refractivity contribution in [3.63, 3.8) is 0 Å². The first kappa shape index (κ1) is 25.4. The molecule has 5 nitrogen and oxygen atoms in total. The summed E-state index contributed by atoms with van der Waals surface area (Å²) in [5.74, 6) is 0.504. The van der Waals surface area contributed by atoms with E-state index in [1.807, 2.05) is 12.1 Å². The second-order valence-electron chi connectivity index (χ2n) is 8.94. The van der Waals surface area contributed by atoms with Crippen molar-refractivity contribution in [2.24, 2.45) is 10.9 Å². The van der Waals surface area contributed by atoms with Crippen LogP contribution in [0.25, 0.3) is 0 Å². The molecule has 1 heterocycles. The van der Waals surface area contributed by atoms with E-state index in [0.29, 0.717) is 31.5 Å². The third kappa shape index (κ3) is 7.07. The first-order valence-electron chi connectivity index (χ1n) is 10.8. The van der Waals surface area contributed by atoms with Gasteiger partial charge in [-0.3, -0.25) is 9.93 Å². The fraction of sp³-hybridized carbons (Fsp3) is 0.480. The molecular weight excluding hydrogens is 406 g/mol. The molecule has 0 aromatic heterocycles. The van der Waals surface area contributed by atoms with Gasteiger partial charge >= 0.3 is 0 Å². The molecule has 6 heteroatoms.